The second-order valence-corrected chi connectivity index (χ2v) is 6.00. The van der Waals surface area contributed by atoms with Crippen molar-refractivity contribution in [3.63, 3.8) is 0 Å². The number of benzene rings is 2. The van der Waals surface area contributed by atoms with E-state index in [1.165, 1.54) is 4.57 Å². The van der Waals surface area contributed by atoms with Crippen molar-refractivity contribution in [1.82, 2.24) is 9.55 Å². The third kappa shape index (κ3) is 2.60. The molecular weight excluding hydrogens is 351 g/mol. The van der Waals surface area contributed by atoms with E-state index in [0.717, 1.165) is 0 Å². The van der Waals surface area contributed by atoms with Crippen LogP contribution in [0.4, 0.5) is 0 Å². The molecule has 21 heavy (non-hydrogen) atoms. The summed E-state index contributed by atoms with van der Waals surface area (Å²) in [6.07, 6.45) is 0. The van der Waals surface area contributed by atoms with Crippen LogP contribution in [-0.2, 0) is 0 Å². The number of H-pyrrole nitrogens is 1. The molecule has 0 amide bonds. The van der Waals surface area contributed by atoms with Gasteiger partial charge >= 0.3 is 0 Å². The maximum atomic E-state index is 12.6. The first kappa shape index (κ1) is 14.6. The number of aromatic amines is 1. The number of fused-ring (bicyclic) bond motifs is 1. The molecule has 0 fully saturated rings. The van der Waals surface area contributed by atoms with E-state index in [1.54, 1.807) is 36.4 Å². The highest BCUT2D eigenvalue weighted by atomic mass is 35.5. The van der Waals surface area contributed by atoms with Gasteiger partial charge in [-0.25, -0.2) is 0 Å². The Labute approximate surface area is 139 Å². The van der Waals surface area contributed by atoms with Crippen LogP contribution in [0.25, 0.3) is 16.6 Å². The minimum absolute atomic E-state index is 0.246. The predicted octanol–water partition coefficient (Wildman–Crippen LogP) is 5.01. The SMILES string of the molecule is O=c1c2ccc(Cl)cc2[nH]c(=S)n1-c1ccc(Cl)c(Cl)c1. The van der Waals surface area contributed by atoms with Crippen LogP contribution in [0.1, 0.15) is 0 Å². The van der Waals surface area contributed by atoms with Crippen molar-refractivity contribution in [2.75, 3.05) is 0 Å². The van der Waals surface area contributed by atoms with Gasteiger partial charge in [-0.1, -0.05) is 34.8 Å². The van der Waals surface area contributed by atoms with Gasteiger partial charge in [0.2, 0.25) is 0 Å². The Morgan fingerprint density at radius 3 is 2.48 bits per heavy atom. The van der Waals surface area contributed by atoms with Crippen LogP contribution in [0.3, 0.4) is 0 Å². The van der Waals surface area contributed by atoms with Crippen molar-refractivity contribution in [3.05, 3.63) is 66.6 Å². The molecule has 106 valence electrons. The van der Waals surface area contributed by atoms with Crippen LogP contribution in [0.5, 0.6) is 0 Å². The standard InChI is InChI=1S/C14H7Cl3N2OS/c15-7-1-3-9-12(5-7)18-14(21)19(13(9)20)8-2-4-10(16)11(17)6-8/h1-6H,(H,18,21). The highest BCUT2D eigenvalue weighted by Crippen LogP contribution is 2.24. The van der Waals surface area contributed by atoms with Crippen molar-refractivity contribution in [1.29, 1.82) is 0 Å². The summed E-state index contributed by atoms with van der Waals surface area (Å²) in [6, 6.07) is 9.86. The lowest BCUT2D eigenvalue weighted by Crippen LogP contribution is -2.20. The molecule has 1 aromatic heterocycles. The summed E-state index contributed by atoms with van der Waals surface area (Å²) in [7, 11) is 0. The maximum absolute atomic E-state index is 12.6. The predicted molar refractivity (Wildman–Crippen MR) is 89.8 cm³/mol. The Balaban J connectivity index is 2.38. The van der Waals surface area contributed by atoms with Gasteiger partial charge in [-0.3, -0.25) is 9.36 Å². The lowest BCUT2D eigenvalue weighted by atomic mass is 10.2. The van der Waals surface area contributed by atoms with E-state index in [0.29, 0.717) is 31.7 Å². The number of hydrogen-bond acceptors (Lipinski definition) is 2. The van der Waals surface area contributed by atoms with Gasteiger partial charge in [0, 0.05) is 5.02 Å². The van der Waals surface area contributed by atoms with Gasteiger partial charge in [0.25, 0.3) is 5.56 Å². The van der Waals surface area contributed by atoms with Crippen LogP contribution in [0.15, 0.2) is 41.2 Å². The highest BCUT2D eigenvalue weighted by molar-refractivity contribution is 7.71. The molecule has 0 atom stereocenters. The summed E-state index contributed by atoms with van der Waals surface area (Å²) in [6.45, 7) is 0. The fraction of sp³-hybridized carbons (Fsp3) is 0. The van der Waals surface area contributed by atoms with Gasteiger partial charge in [0.1, 0.15) is 0 Å². The number of halogens is 3. The van der Waals surface area contributed by atoms with Gasteiger partial charge in [0.15, 0.2) is 4.77 Å². The molecule has 3 nitrogen and oxygen atoms in total. The molecule has 7 heteroatoms. The Kier molecular flexibility index (Phi) is 3.80. The molecule has 0 saturated heterocycles. The molecule has 0 aliphatic rings. The molecule has 1 N–H and O–H groups in total. The number of nitrogens with one attached hydrogen (secondary N) is 1. The molecular formula is C14H7Cl3N2OS. The minimum atomic E-state index is -0.246. The third-order valence-corrected chi connectivity index (χ3v) is 4.28. The lowest BCUT2D eigenvalue weighted by Gasteiger charge is -2.09. The normalized spacial score (nSPS) is 11.0. The molecule has 3 aromatic rings. The topological polar surface area (TPSA) is 37.8 Å². The van der Waals surface area contributed by atoms with Crippen molar-refractivity contribution >= 4 is 57.9 Å². The summed E-state index contributed by atoms with van der Waals surface area (Å²) >= 11 is 23.1. The molecule has 0 saturated carbocycles. The Morgan fingerprint density at radius 2 is 1.76 bits per heavy atom. The summed E-state index contributed by atoms with van der Waals surface area (Å²) in [5.74, 6) is 0. The van der Waals surface area contributed by atoms with E-state index in [2.05, 4.69) is 4.98 Å². The van der Waals surface area contributed by atoms with Gasteiger partial charge in [-0.2, -0.15) is 0 Å². The average Bonchev–Trinajstić information content (AvgIpc) is 2.42. The second kappa shape index (κ2) is 5.46. The summed E-state index contributed by atoms with van der Waals surface area (Å²) in [5.41, 5.74) is 0.894. The van der Waals surface area contributed by atoms with Crippen molar-refractivity contribution in [2.45, 2.75) is 0 Å². The summed E-state index contributed by atoms with van der Waals surface area (Å²) in [4.78, 5) is 15.6. The third-order valence-electron chi connectivity index (χ3n) is 3.02. The van der Waals surface area contributed by atoms with Crippen molar-refractivity contribution < 1.29 is 0 Å². The molecule has 0 aliphatic heterocycles. The van der Waals surface area contributed by atoms with E-state index in [-0.39, 0.29) is 10.3 Å². The molecule has 0 spiro atoms. The van der Waals surface area contributed by atoms with Crippen molar-refractivity contribution in [2.24, 2.45) is 0 Å². The minimum Gasteiger partial charge on any atom is -0.331 e. The molecule has 0 bridgehead atoms. The van der Waals surface area contributed by atoms with E-state index >= 15 is 0 Å². The van der Waals surface area contributed by atoms with E-state index in [9.17, 15) is 4.79 Å². The molecule has 0 radical (unpaired) electrons. The van der Waals surface area contributed by atoms with Gasteiger partial charge in [-0.15, -0.1) is 0 Å². The van der Waals surface area contributed by atoms with E-state index in [1.807, 2.05) is 0 Å². The zero-order valence-corrected chi connectivity index (χ0v) is 13.4. The van der Waals surface area contributed by atoms with E-state index < -0.39 is 0 Å². The van der Waals surface area contributed by atoms with Gasteiger partial charge in [0.05, 0.1) is 26.6 Å². The van der Waals surface area contributed by atoms with Crippen LogP contribution in [-0.4, -0.2) is 9.55 Å². The first-order valence-electron chi connectivity index (χ1n) is 5.87. The maximum Gasteiger partial charge on any atom is 0.266 e. The monoisotopic (exact) mass is 356 g/mol. The average molecular weight is 358 g/mol. The van der Waals surface area contributed by atoms with Crippen LogP contribution in [0.2, 0.25) is 15.1 Å². The molecule has 1 heterocycles. The lowest BCUT2D eigenvalue weighted by molar-refractivity contribution is 0.940. The summed E-state index contributed by atoms with van der Waals surface area (Å²) < 4.78 is 1.63. The first-order valence-corrected chi connectivity index (χ1v) is 7.41. The number of hydrogen-bond donors (Lipinski definition) is 1. The number of nitrogens with zero attached hydrogens (tertiary/aromatic N) is 1. The fourth-order valence-electron chi connectivity index (χ4n) is 2.05. The van der Waals surface area contributed by atoms with Crippen LogP contribution < -0.4 is 5.56 Å². The Bertz CT molecular complexity index is 978. The van der Waals surface area contributed by atoms with Gasteiger partial charge < -0.3 is 4.98 Å². The van der Waals surface area contributed by atoms with Crippen LogP contribution >= 0.6 is 47.0 Å². The fourth-order valence-corrected chi connectivity index (χ4v) is 2.81. The highest BCUT2D eigenvalue weighted by Gasteiger charge is 2.09. The molecule has 0 unspecified atom stereocenters. The molecule has 0 aliphatic carbocycles. The molecule has 2 aromatic carbocycles. The second-order valence-electron chi connectivity index (χ2n) is 4.36. The zero-order chi connectivity index (χ0) is 15.1. The van der Waals surface area contributed by atoms with Crippen LogP contribution in [0, 0.1) is 4.77 Å². The zero-order valence-electron chi connectivity index (χ0n) is 10.4. The largest absolute Gasteiger partial charge is 0.331 e. The number of rotatable bonds is 1. The quantitative estimate of drug-likeness (QED) is 0.622. The Morgan fingerprint density at radius 1 is 1.00 bits per heavy atom. The first-order chi connectivity index (χ1) is 9.97. The Hall–Kier alpha value is -1.33. The smallest absolute Gasteiger partial charge is 0.266 e. The number of aromatic nitrogens is 2. The van der Waals surface area contributed by atoms with Gasteiger partial charge in [-0.05, 0) is 48.6 Å². The molecule has 3 rings (SSSR count). The van der Waals surface area contributed by atoms with Crippen molar-refractivity contribution in [3.8, 4) is 5.69 Å². The summed E-state index contributed by atoms with van der Waals surface area (Å²) in [5, 5.41) is 1.78. The van der Waals surface area contributed by atoms with E-state index in [4.69, 9.17) is 47.0 Å².